The van der Waals surface area contributed by atoms with Crippen LogP contribution in [0.4, 0.5) is 5.82 Å². The maximum Gasteiger partial charge on any atom is 0.226 e. The highest BCUT2D eigenvalue weighted by Crippen LogP contribution is 2.24. The van der Waals surface area contributed by atoms with Crippen molar-refractivity contribution in [1.82, 2.24) is 15.0 Å². The SMILES string of the molecule is CNc1nc(Cl)nc2[nH]cc(C)c12. The van der Waals surface area contributed by atoms with Crippen LogP contribution in [0.5, 0.6) is 0 Å². The molecule has 0 fully saturated rings. The summed E-state index contributed by atoms with van der Waals surface area (Å²) in [5, 5.41) is 4.22. The molecule has 2 aromatic heterocycles. The second-order valence-electron chi connectivity index (χ2n) is 2.79. The Hall–Kier alpha value is -1.29. The molecule has 0 aliphatic heterocycles. The minimum atomic E-state index is 0.249. The van der Waals surface area contributed by atoms with Crippen molar-refractivity contribution in [2.45, 2.75) is 6.92 Å². The van der Waals surface area contributed by atoms with E-state index in [2.05, 4.69) is 20.3 Å². The van der Waals surface area contributed by atoms with Gasteiger partial charge >= 0.3 is 0 Å². The van der Waals surface area contributed by atoms with Crippen molar-refractivity contribution in [3.05, 3.63) is 17.0 Å². The average Bonchev–Trinajstić information content (AvgIpc) is 2.46. The van der Waals surface area contributed by atoms with Gasteiger partial charge in [0.25, 0.3) is 0 Å². The van der Waals surface area contributed by atoms with Crippen molar-refractivity contribution in [3.63, 3.8) is 0 Å². The summed E-state index contributed by atoms with van der Waals surface area (Å²) in [7, 11) is 1.81. The molecule has 2 rings (SSSR count). The minimum absolute atomic E-state index is 0.249. The lowest BCUT2D eigenvalue weighted by atomic mass is 10.2. The van der Waals surface area contributed by atoms with Crippen molar-refractivity contribution in [2.24, 2.45) is 0 Å². The Morgan fingerprint density at radius 2 is 2.23 bits per heavy atom. The highest BCUT2D eigenvalue weighted by Gasteiger charge is 2.08. The average molecular weight is 197 g/mol. The van der Waals surface area contributed by atoms with Gasteiger partial charge in [0, 0.05) is 13.2 Å². The number of halogens is 1. The van der Waals surface area contributed by atoms with Crippen LogP contribution in [0.1, 0.15) is 5.56 Å². The summed E-state index contributed by atoms with van der Waals surface area (Å²) in [5.41, 5.74) is 1.87. The maximum atomic E-state index is 5.73. The normalized spacial score (nSPS) is 10.7. The first-order valence-corrected chi connectivity index (χ1v) is 4.29. The molecule has 0 amide bonds. The van der Waals surface area contributed by atoms with Crippen molar-refractivity contribution in [3.8, 4) is 0 Å². The Bertz CT molecular complexity index is 449. The molecule has 0 spiro atoms. The molecule has 0 atom stereocenters. The largest absolute Gasteiger partial charge is 0.372 e. The highest BCUT2D eigenvalue weighted by molar-refractivity contribution is 6.28. The standard InChI is InChI=1S/C8H9ClN4/c1-4-3-11-7-5(4)6(10-2)12-8(9)13-7/h3H,1-2H3,(H2,10,11,12,13). The van der Waals surface area contributed by atoms with Crippen LogP contribution in [-0.2, 0) is 0 Å². The lowest BCUT2D eigenvalue weighted by Gasteiger charge is -2.01. The van der Waals surface area contributed by atoms with Gasteiger partial charge in [0.15, 0.2) is 0 Å². The third-order valence-electron chi connectivity index (χ3n) is 1.94. The van der Waals surface area contributed by atoms with Gasteiger partial charge in [-0.1, -0.05) is 0 Å². The van der Waals surface area contributed by atoms with E-state index in [9.17, 15) is 0 Å². The highest BCUT2D eigenvalue weighted by atomic mass is 35.5. The molecule has 5 heteroatoms. The molecule has 13 heavy (non-hydrogen) atoms. The van der Waals surface area contributed by atoms with Gasteiger partial charge in [-0.25, -0.2) is 4.98 Å². The number of nitrogens with one attached hydrogen (secondary N) is 2. The molecule has 2 N–H and O–H groups in total. The smallest absolute Gasteiger partial charge is 0.226 e. The van der Waals surface area contributed by atoms with E-state index in [-0.39, 0.29) is 5.28 Å². The number of nitrogens with zero attached hydrogens (tertiary/aromatic N) is 2. The molecule has 0 radical (unpaired) electrons. The van der Waals surface area contributed by atoms with Gasteiger partial charge in [-0.05, 0) is 24.1 Å². The van der Waals surface area contributed by atoms with Crippen LogP contribution in [0, 0.1) is 6.92 Å². The molecule has 0 saturated carbocycles. The number of rotatable bonds is 1. The fourth-order valence-electron chi connectivity index (χ4n) is 1.34. The first-order chi connectivity index (χ1) is 6.22. The minimum Gasteiger partial charge on any atom is -0.372 e. The van der Waals surface area contributed by atoms with Crippen LogP contribution in [0.2, 0.25) is 5.28 Å². The molecule has 0 aromatic carbocycles. The Kier molecular flexibility index (Phi) is 1.84. The van der Waals surface area contributed by atoms with Gasteiger partial charge in [0.2, 0.25) is 5.28 Å². The van der Waals surface area contributed by atoms with Crippen LogP contribution in [0.3, 0.4) is 0 Å². The summed E-state index contributed by atoms with van der Waals surface area (Å²) < 4.78 is 0. The zero-order valence-electron chi connectivity index (χ0n) is 7.35. The van der Waals surface area contributed by atoms with E-state index in [4.69, 9.17) is 11.6 Å². The maximum absolute atomic E-state index is 5.73. The van der Waals surface area contributed by atoms with Crippen molar-refractivity contribution >= 4 is 28.5 Å². The number of hydrogen-bond acceptors (Lipinski definition) is 3. The lowest BCUT2D eigenvalue weighted by molar-refractivity contribution is 1.19. The van der Waals surface area contributed by atoms with Gasteiger partial charge in [-0.2, -0.15) is 4.98 Å². The molecule has 0 bridgehead atoms. The zero-order valence-corrected chi connectivity index (χ0v) is 8.11. The van der Waals surface area contributed by atoms with E-state index in [1.54, 1.807) is 0 Å². The van der Waals surface area contributed by atoms with Crippen molar-refractivity contribution in [1.29, 1.82) is 0 Å². The summed E-state index contributed by atoms with van der Waals surface area (Å²) in [6.45, 7) is 2.00. The number of anilines is 1. The number of hydrogen-bond donors (Lipinski definition) is 2. The molecule has 0 saturated heterocycles. The summed E-state index contributed by atoms with van der Waals surface area (Å²) in [6, 6.07) is 0. The van der Waals surface area contributed by atoms with Crippen molar-refractivity contribution in [2.75, 3.05) is 12.4 Å². The second-order valence-corrected chi connectivity index (χ2v) is 3.12. The Balaban J connectivity index is 2.85. The molecular weight excluding hydrogens is 188 g/mol. The number of H-pyrrole nitrogens is 1. The lowest BCUT2D eigenvalue weighted by Crippen LogP contribution is -1.95. The Morgan fingerprint density at radius 1 is 1.46 bits per heavy atom. The van der Waals surface area contributed by atoms with Gasteiger partial charge in [0.05, 0.1) is 5.39 Å². The summed E-state index contributed by atoms with van der Waals surface area (Å²) >= 11 is 5.73. The fraction of sp³-hybridized carbons (Fsp3) is 0.250. The van der Waals surface area contributed by atoms with Crippen LogP contribution < -0.4 is 5.32 Å². The summed E-state index contributed by atoms with van der Waals surface area (Å²) in [6.07, 6.45) is 1.89. The zero-order chi connectivity index (χ0) is 9.42. The van der Waals surface area contributed by atoms with Gasteiger partial charge in [0.1, 0.15) is 11.5 Å². The molecule has 4 nitrogen and oxygen atoms in total. The van der Waals surface area contributed by atoms with Crippen LogP contribution in [-0.4, -0.2) is 22.0 Å². The van der Waals surface area contributed by atoms with E-state index in [0.717, 1.165) is 22.4 Å². The van der Waals surface area contributed by atoms with E-state index in [1.807, 2.05) is 20.2 Å². The van der Waals surface area contributed by atoms with E-state index in [1.165, 1.54) is 0 Å². The molecule has 0 aliphatic carbocycles. The fourth-order valence-corrected chi connectivity index (χ4v) is 1.51. The van der Waals surface area contributed by atoms with E-state index in [0.29, 0.717) is 0 Å². The van der Waals surface area contributed by atoms with Gasteiger partial charge < -0.3 is 10.3 Å². The summed E-state index contributed by atoms with van der Waals surface area (Å²) in [5.74, 6) is 0.758. The first-order valence-electron chi connectivity index (χ1n) is 3.91. The molecule has 2 aromatic rings. The monoisotopic (exact) mass is 196 g/mol. The quantitative estimate of drug-likeness (QED) is 0.686. The van der Waals surface area contributed by atoms with Gasteiger partial charge in [-0.3, -0.25) is 0 Å². The summed E-state index contributed by atoms with van der Waals surface area (Å²) in [4.78, 5) is 11.2. The third kappa shape index (κ3) is 1.23. The Labute approximate surface area is 80.3 Å². The molecule has 68 valence electrons. The molecule has 2 heterocycles. The second kappa shape index (κ2) is 2.88. The molecule has 0 unspecified atom stereocenters. The topological polar surface area (TPSA) is 53.6 Å². The van der Waals surface area contributed by atoms with Crippen LogP contribution >= 0.6 is 11.6 Å². The predicted octanol–water partition coefficient (Wildman–Crippen LogP) is 1.96. The van der Waals surface area contributed by atoms with Gasteiger partial charge in [-0.15, -0.1) is 0 Å². The number of aromatic amines is 1. The predicted molar refractivity (Wildman–Crippen MR) is 53.2 cm³/mol. The third-order valence-corrected chi connectivity index (χ3v) is 2.11. The first kappa shape index (κ1) is 8.31. The van der Waals surface area contributed by atoms with Crippen molar-refractivity contribution < 1.29 is 0 Å². The number of aryl methyl sites for hydroxylation is 1. The molecular formula is C8H9ClN4. The molecule has 0 aliphatic rings. The Morgan fingerprint density at radius 3 is 2.92 bits per heavy atom. The van der Waals surface area contributed by atoms with E-state index < -0.39 is 0 Å². The van der Waals surface area contributed by atoms with E-state index >= 15 is 0 Å². The number of fused-ring (bicyclic) bond motifs is 1. The number of aromatic nitrogens is 3. The van der Waals surface area contributed by atoms with Crippen LogP contribution in [0.25, 0.3) is 11.0 Å². The van der Waals surface area contributed by atoms with Crippen LogP contribution in [0.15, 0.2) is 6.20 Å².